The highest BCUT2D eigenvalue weighted by Gasteiger charge is 2.32. The lowest BCUT2D eigenvalue weighted by Crippen LogP contribution is -2.35. The zero-order valence-electron chi connectivity index (χ0n) is 17.5. The van der Waals surface area contributed by atoms with Gasteiger partial charge in [0.1, 0.15) is 17.3 Å². The van der Waals surface area contributed by atoms with E-state index in [1.54, 1.807) is 17.7 Å². The standard InChI is InChI=1S/C21H29N5O3S/c1-26(2)13-4-6-14(7-5-13)29-20-19-18-12(9-17(28)23-10-16(22)27)3-8-15(18)30-21(19)25-11-24-20/h11-14H,3-10H2,1-2H3,(H2,22,27)(H,23,28)/t12-,13?,14?/m1/s1. The van der Waals surface area contributed by atoms with Crippen LogP contribution in [-0.2, 0) is 16.0 Å². The predicted octanol–water partition coefficient (Wildman–Crippen LogP) is 1.96. The molecule has 0 aliphatic heterocycles. The highest BCUT2D eigenvalue weighted by atomic mass is 32.1. The van der Waals surface area contributed by atoms with Gasteiger partial charge in [0.05, 0.1) is 11.9 Å². The van der Waals surface area contributed by atoms with E-state index in [4.69, 9.17) is 10.5 Å². The van der Waals surface area contributed by atoms with Crippen LogP contribution >= 0.6 is 11.3 Å². The minimum Gasteiger partial charge on any atom is -0.474 e. The SMILES string of the molecule is CN(C)C1CCC(Oc2ncnc3sc4c(c23)[C@@H](CC(=O)NCC(N)=O)CC4)CC1. The molecule has 0 radical (unpaired) electrons. The van der Waals surface area contributed by atoms with E-state index in [1.165, 1.54) is 4.88 Å². The molecule has 0 unspecified atom stereocenters. The quantitative estimate of drug-likeness (QED) is 0.693. The number of primary amides is 1. The van der Waals surface area contributed by atoms with Gasteiger partial charge in [0.25, 0.3) is 0 Å². The third-order valence-corrected chi connectivity index (χ3v) is 7.41. The third-order valence-electron chi connectivity index (χ3n) is 6.24. The number of ether oxygens (including phenoxy) is 1. The molecule has 1 saturated carbocycles. The summed E-state index contributed by atoms with van der Waals surface area (Å²) in [7, 11) is 4.27. The molecule has 0 bridgehead atoms. The summed E-state index contributed by atoms with van der Waals surface area (Å²) >= 11 is 1.67. The number of aromatic nitrogens is 2. The normalized spacial score (nSPS) is 23.5. The molecule has 2 amide bonds. The lowest BCUT2D eigenvalue weighted by Gasteiger charge is -2.32. The Morgan fingerprint density at radius 3 is 2.70 bits per heavy atom. The van der Waals surface area contributed by atoms with Crippen LogP contribution in [0.1, 0.15) is 54.9 Å². The van der Waals surface area contributed by atoms with Crippen molar-refractivity contribution in [1.29, 1.82) is 0 Å². The lowest BCUT2D eigenvalue weighted by molar-refractivity contribution is -0.125. The highest BCUT2D eigenvalue weighted by Crippen LogP contribution is 2.47. The molecule has 30 heavy (non-hydrogen) atoms. The molecule has 4 rings (SSSR count). The molecular weight excluding hydrogens is 402 g/mol. The first kappa shape index (κ1) is 21.0. The Labute approximate surface area is 180 Å². The number of nitrogens with zero attached hydrogens (tertiary/aromatic N) is 3. The maximum absolute atomic E-state index is 12.3. The molecular formula is C21H29N5O3S. The Balaban J connectivity index is 1.52. The number of nitrogens with one attached hydrogen (secondary N) is 1. The molecule has 1 atom stereocenters. The van der Waals surface area contributed by atoms with Gasteiger partial charge in [0, 0.05) is 17.3 Å². The summed E-state index contributed by atoms with van der Waals surface area (Å²) in [5.41, 5.74) is 6.28. The minimum absolute atomic E-state index is 0.0828. The Kier molecular flexibility index (Phi) is 6.19. The highest BCUT2D eigenvalue weighted by molar-refractivity contribution is 7.19. The van der Waals surface area contributed by atoms with Crippen molar-refractivity contribution in [2.24, 2.45) is 5.73 Å². The average molecular weight is 432 g/mol. The van der Waals surface area contributed by atoms with Crippen molar-refractivity contribution in [3.05, 3.63) is 16.8 Å². The van der Waals surface area contributed by atoms with E-state index in [2.05, 4.69) is 34.3 Å². The van der Waals surface area contributed by atoms with Crippen LogP contribution in [0, 0.1) is 0 Å². The monoisotopic (exact) mass is 431 g/mol. The second-order valence-corrected chi connectivity index (χ2v) is 9.58. The van der Waals surface area contributed by atoms with Gasteiger partial charge in [-0.15, -0.1) is 11.3 Å². The van der Waals surface area contributed by atoms with Crippen molar-refractivity contribution in [3.8, 4) is 5.88 Å². The van der Waals surface area contributed by atoms with Crippen molar-refractivity contribution in [2.45, 2.75) is 63.0 Å². The summed E-state index contributed by atoms with van der Waals surface area (Å²) in [5, 5.41) is 3.57. The van der Waals surface area contributed by atoms with Crippen molar-refractivity contribution in [3.63, 3.8) is 0 Å². The molecule has 0 saturated heterocycles. The third kappa shape index (κ3) is 4.41. The molecule has 3 N–H and O–H groups in total. The molecule has 0 aromatic carbocycles. The number of carbonyl (C=O) groups is 2. The first-order valence-electron chi connectivity index (χ1n) is 10.6. The van der Waals surface area contributed by atoms with Crippen LogP contribution in [0.3, 0.4) is 0 Å². The zero-order chi connectivity index (χ0) is 21.3. The van der Waals surface area contributed by atoms with E-state index in [-0.39, 0.29) is 24.5 Å². The number of thiophene rings is 1. The van der Waals surface area contributed by atoms with Crippen LogP contribution in [0.2, 0.25) is 0 Å². The Morgan fingerprint density at radius 2 is 2.00 bits per heavy atom. The van der Waals surface area contributed by atoms with E-state index in [1.807, 2.05) is 0 Å². The van der Waals surface area contributed by atoms with Crippen LogP contribution in [0.25, 0.3) is 10.2 Å². The van der Waals surface area contributed by atoms with Gasteiger partial charge >= 0.3 is 0 Å². The fourth-order valence-electron chi connectivity index (χ4n) is 4.65. The van der Waals surface area contributed by atoms with Crippen molar-refractivity contribution in [1.82, 2.24) is 20.2 Å². The number of carbonyl (C=O) groups excluding carboxylic acids is 2. The molecule has 2 heterocycles. The van der Waals surface area contributed by atoms with Gasteiger partial charge in [-0.05, 0) is 64.1 Å². The second-order valence-electron chi connectivity index (χ2n) is 8.49. The van der Waals surface area contributed by atoms with Gasteiger partial charge in [-0.3, -0.25) is 9.59 Å². The first-order valence-corrected chi connectivity index (χ1v) is 11.4. The number of fused-ring (bicyclic) bond motifs is 3. The van der Waals surface area contributed by atoms with Crippen LogP contribution in [-0.4, -0.2) is 59.5 Å². The Hall–Kier alpha value is -2.26. The van der Waals surface area contributed by atoms with Gasteiger partial charge in [-0.25, -0.2) is 9.97 Å². The zero-order valence-corrected chi connectivity index (χ0v) is 18.3. The molecule has 8 nitrogen and oxygen atoms in total. The Bertz CT molecular complexity index is 936. The van der Waals surface area contributed by atoms with E-state index >= 15 is 0 Å². The van der Waals surface area contributed by atoms with E-state index in [0.717, 1.165) is 54.3 Å². The molecule has 2 aromatic heterocycles. The van der Waals surface area contributed by atoms with Gasteiger partial charge in [-0.1, -0.05) is 0 Å². The second kappa shape index (κ2) is 8.85. The largest absolute Gasteiger partial charge is 0.474 e. The summed E-state index contributed by atoms with van der Waals surface area (Å²) in [6.45, 7) is -0.129. The van der Waals surface area contributed by atoms with Crippen LogP contribution in [0.5, 0.6) is 5.88 Å². The van der Waals surface area contributed by atoms with Gasteiger partial charge in [0.2, 0.25) is 17.7 Å². The van der Waals surface area contributed by atoms with E-state index < -0.39 is 5.91 Å². The van der Waals surface area contributed by atoms with E-state index in [9.17, 15) is 9.59 Å². The summed E-state index contributed by atoms with van der Waals surface area (Å²) in [4.78, 5) is 36.6. The van der Waals surface area contributed by atoms with Crippen molar-refractivity contribution in [2.75, 3.05) is 20.6 Å². The summed E-state index contributed by atoms with van der Waals surface area (Å²) < 4.78 is 6.39. The molecule has 9 heteroatoms. The first-order chi connectivity index (χ1) is 14.4. The maximum Gasteiger partial charge on any atom is 0.236 e. The number of hydrogen-bond donors (Lipinski definition) is 2. The summed E-state index contributed by atoms with van der Waals surface area (Å²) in [6, 6.07) is 0.615. The van der Waals surface area contributed by atoms with Crippen LogP contribution in [0.4, 0.5) is 0 Å². The van der Waals surface area contributed by atoms with Crippen LogP contribution < -0.4 is 15.8 Å². The topological polar surface area (TPSA) is 110 Å². The van der Waals surface area contributed by atoms with Crippen molar-refractivity contribution >= 4 is 33.4 Å². The number of aryl methyl sites for hydroxylation is 1. The fraction of sp³-hybridized carbons (Fsp3) is 0.619. The predicted molar refractivity (Wildman–Crippen MR) is 116 cm³/mol. The number of rotatable bonds is 7. The fourth-order valence-corrected chi connectivity index (χ4v) is 5.88. The van der Waals surface area contributed by atoms with Gasteiger partial charge in [0.15, 0.2) is 0 Å². The minimum atomic E-state index is -0.537. The number of hydrogen-bond acceptors (Lipinski definition) is 7. The maximum atomic E-state index is 12.3. The van der Waals surface area contributed by atoms with E-state index in [0.29, 0.717) is 18.3 Å². The number of nitrogens with two attached hydrogens (primary N) is 1. The molecule has 1 fully saturated rings. The smallest absolute Gasteiger partial charge is 0.236 e. The lowest BCUT2D eigenvalue weighted by atomic mass is 9.92. The average Bonchev–Trinajstić information content (AvgIpc) is 3.27. The molecule has 2 aliphatic rings. The van der Waals surface area contributed by atoms with Crippen molar-refractivity contribution < 1.29 is 14.3 Å². The molecule has 162 valence electrons. The molecule has 0 spiro atoms. The number of amides is 2. The summed E-state index contributed by atoms with van der Waals surface area (Å²) in [5.74, 6) is 0.0338. The van der Waals surface area contributed by atoms with Crippen LogP contribution in [0.15, 0.2) is 6.33 Å². The van der Waals surface area contributed by atoms with Gasteiger partial charge < -0.3 is 20.7 Å². The van der Waals surface area contributed by atoms with Gasteiger partial charge in [-0.2, -0.15) is 0 Å². The Morgan fingerprint density at radius 1 is 1.23 bits per heavy atom. The molecule has 2 aliphatic carbocycles. The summed E-state index contributed by atoms with van der Waals surface area (Å²) in [6.07, 6.45) is 8.17. The molecule has 2 aromatic rings.